The van der Waals surface area contributed by atoms with E-state index in [9.17, 15) is 4.79 Å². The van der Waals surface area contributed by atoms with E-state index in [1.165, 1.54) is 0 Å². The number of aryl methyl sites for hydroxylation is 1. The number of fused-ring (bicyclic) bond motifs is 1. The first-order valence-electron chi connectivity index (χ1n) is 8.44. The van der Waals surface area contributed by atoms with Crippen molar-refractivity contribution in [3.8, 4) is 0 Å². The fourth-order valence-electron chi connectivity index (χ4n) is 3.19. The van der Waals surface area contributed by atoms with Gasteiger partial charge in [0.2, 0.25) is 11.9 Å². The molecule has 128 valence electrons. The molecule has 1 saturated heterocycles. The molecule has 7 nitrogen and oxygen atoms in total. The Kier molecular flexibility index (Phi) is 4.05. The molecule has 7 heteroatoms. The van der Waals surface area contributed by atoms with Gasteiger partial charge in [-0.15, -0.1) is 0 Å². The molecular weight excluding hydrogens is 316 g/mol. The van der Waals surface area contributed by atoms with Gasteiger partial charge in [0.1, 0.15) is 5.82 Å². The first kappa shape index (κ1) is 15.6. The van der Waals surface area contributed by atoms with Gasteiger partial charge in [-0.3, -0.25) is 4.79 Å². The predicted molar refractivity (Wildman–Crippen MR) is 95.4 cm³/mol. The minimum absolute atomic E-state index is 0.157. The quantitative estimate of drug-likeness (QED) is 0.785. The molecule has 0 spiro atoms. The summed E-state index contributed by atoms with van der Waals surface area (Å²) in [4.78, 5) is 32.8. The summed E-state index contributed by atoms with van der Waals surface area (Å²) < 4.78 is 0. The number of benzene rings is 1. The molecule has 3 aromatic rings. The van der Waals surface area contributed by atoms with E-state index < -0.39 is 0 Å². The van der Waals surface area contributed by atoms with Crippen LogP contribution < -0.4 is 4.90 Å². The molecule has 1 aromatic carbocycles. The Bertz CT molecular complexity index is 883. The number of carbonyl (C=O) groups is 1. The van der Waals surface area contributed by atoms with Crippen LogP contribution in [-0.4, -0.2) is 56.9 Å². The van der Waals surface area contributed by atoms with Gasteiger partial charge in [0, 0.05) is 38.6 Å². The largest absolute Gasteiger partial charge is 0.342 e. The maximum Gasteiger partial charge on any atom is 0.227 e. The lowest BCUT2D eigenvalue weighted by Gasteiger charge is -2.34. The van der Waals surface area contributed by atoms with Gasteiger partial charge in [0.05, 0.1) is 17.5 Å². The molecule has 0 aliphatic carbocycles. The van der Waals surface area contributed by atoms with Gasteiger partial charge in [-0.1, -0.05) is 6.07 Å². The summed E-state index contributed by atoms with van der Waals surface area (Å²) >= 11 is 0. The third-order valence-electron chi connectivity index (χ3n) is 4.49. The smallest absolute Gasteiger partial charge is 0.227 e. The zero-order valence-corrected chi connectivity index (χ0v) is 14.1. The fraction of sp³-hybridized carbons (Fsp3) is 0.333. The minimum atomic E-state index is 0.157. The van der Waals surface area contributed by atoms with Gasteiger partial charge in [-0.25, -0.2) is 15.0 Å². The van der Waals surface area contributed by atoms with Crippen molar-refractivity contribution in [1.82, 2.24) is 24.8 Å². The lowest BCUT2D eigenvalue weighted by Crippen LogP contribution is -2.49. The van der Waals surface area contributed by atoms with Crippen LogP contribution in [0.3, 0.4) is 0 Å². The summed E-state index contributed by atoms with van der Waals surface area (Å²) in [5.41, 5.74) is 2.92. The Morgan fingerprint density at radius 2 is 1.92 bits per heavy atom. The van der Waals surface area contributed by atoms with Crippen molar-refractivity contribution in [3.63, 3.8) is 0 Å². The van der Waals surface area contributed by atoms with Gasteiger partial charge in [0.25, 0.3) is 0 Å². The van der Waals surface area contributed by atoms with E-state index >= 15 is 0 Å². The summed E-state index contributed by atoms with van der Waals surface area (Å²) in [5, 5.41) is 0. The summed E-state index contributed by atoms with van der Waals surface area (Å²) in [5.74, 6) is 1.77. The van der Waals surface area contributed by atoms with Crippen LogP contribution in [-0.2, 0) is 11.2 Å². The molecule has 0 unspecified atom stereocenters. The average molecular weight is 336 g/mol. The average Bonchev–Trinajstić information content (AvgIpc) is 3.02. The van der Waals surface area contributed by atoms with E-state index in [-0.39, 0.29) is 5.91 Å². The molecule has 1 N–H and O–H groups in total. The zero-order valence-electron chi connectivity index (χ0n) is 14.1. The van der Waals surface area contributed by atoms with E-state index in [1.54, 1.807) is 18.5 Å². The third kappa shape index (κ3) is 3.31. The molecule has 2 aromatic heterocycles. The Morgan fingerprint density at radius 3 is 2.68 bits per heavy atom. The second-order valence-corrected chi connectivity index (χ2v) is 6.27. The Labute approximate surface area is 145 Å². The third-order valence-corrected chi connectivity index (χ3v) is 4.49. The number of nitrogens with one attached hydrogen (secondary N) is 1. The van der Waals surface area contributed by atoms with Gasteiger partial charge in [0.15, 0.2) is 0 Å². The number of aromatic amines is 1. The molecule has 25 heavy (non-hydrogen) atoms. The number of imidazole rings is 1. The van der Waals surface area contributed by atoms with Crippen molar-refractivity contribution >= 4 is 22.9 Å². The molecule has 0 saturated carbocycles. The summed E-state index contributed by atoms with van der Waals surface area (Å²) in [6, 6.07) is 7.77. The summed E-state index contributed by atoms with van der Waals surface area (Å²) in [7, 11) is 0. The number of hydrogen-bond donors (Lipinski definition) is 1. The van der Waals surface area contributed by atoms with Crippen molar-refractivity contribution in [2.75, 3.05) is 31.1 Å². The minimum Gasteiger partial charge on any atom is -0.342 e. The van der Waals surface area contributed by atoms with E-state index in [0.29, 0.717) is 19.5 Å². The zero-order chi connectivity index (χ0) is 17.2. The first-order chi connectivity index (χ1) is 12.2. The van der Waals surface area contributed by atoms with Crippen LogP contribution in [0.1, 0.15) is 11.4 Å². The normalized spacial score (nSPS) is 14.9. The molecule has 1 aliphatic heterocycles. The Morgan fingerprint density at radius 1 is 1.16 bits per heavy atom. The molecular formula is C18H20N6O. The SMILES string of the molecule is Cc1nc2ccc(CC(=O)N3CCN(c4ncccn4)CC3)cc2[nH]1. The van der Waals surface area contributed by atoms with Crippen molar-refractivity contribution in [1.29, 1.82) is 0 Å². The lowest BCUT2D eigenvalue weighted by atomic mass is 10.1. The highest BCUT2D eigenvalue weighted by molar-refractivity contribution is 5.82. The van der Waals surface area contributed by atoms with Gasteiger partial charge in [-0.2, -0.15) is 0 Å². The van der Waals surface area contributed by atoms with Crippen molar-refractivity contribution in [3.05, 3.63) is 48.0 Å². The molecule has 4 rings (SSSR count). The number of aromatic nitrogens is 4. The number of H-pyrrole nitrogens is 1. The Hall–Kier alpha value is -2.96. The standard InChI is InChI=1S/C18H20N6O/c1-13-21-15-4-3-14(11-16(15)22-13)12-17(25)23-7-9-24(10-8-23)18-19-5-2-6-20-18/h2-6,11H,7-10,12H2,1H3,(H,21,22). The van der Waals surface area contributed by atoms with Crippen LogP contribution in [0.5, 0.6) is 0 Å². The van der Waals surface area contributed by atoms with Crippen LogP contribution in [0.15, 0.2) is 36.7 Å². The lowest BCUT2D eigenvalue weighted by molar-refractivity contribution is -0.130. The monoisotopic (exact) mass is 336 g/mol. The maximum atomic E-state index is 12.6. The van der Waals surface area contributed by atoms with Crippen LogP contribution in [0.4, 0.5) is 5.95 Å². The number of carbonyl (C=O) groups excluding carboxylic acids is 1. The van der Waals surface area contributed by atoms with Crippen molar-refractivity contribution in [2.45, 2.75) is 13.3 Å². The van der Waals surface area contributed by atoms with E-state index in [2.05, 4.69) is 24.8 Å². The van der Waals surface area contributed by atoms with Crippen LogP contribution >= 0.6 is 0 Å². The molecule has 0 bridgehead atoms. The fourth-order valence-corrected chi connectivity index (χ4v) is 3.19. The molecule has 1 amide bonds. The van der Waals surface area contributed by atoms with Crippen molar-refractivity contribution in [2.24, 2.45) is 0 Å². The van der Waals surface area contributed by atoms with Crippen LogP contribution in [0, 0.1) is 6.92 Å². The second-order valence-electron chi connectivity index (χ2n) is 6.27. The van der Waals surface area contributed by atoms with Crippen LogP contribution in [0.2, 0.25) is 0 Å². The maximum absolute atomic E-state index is 12.6. The van der Waals surface area contributed by atoms with E-state index in [4.69, 9.17) is 0 Å². The van der Waals surface area contributed by atoms with E-state index in [0.717, 1.165) is 41.5 Å². The van der Waals surface area contributed by atoms with Gasteiger partial charge >= 0.3 is 0 Å². The number of piperazine rings is 1. The second kappa shape index (κ2) is 6.51. The number of nitrogens with zero attached hydrogens (tertiary/aromatic N) is 5. The predicted octanol–water partition coefficient (Wildman–Crippen LogP) is 1.55. The number of anilines is 1. The Balaban J connectivity index is 1.38. The van der Waals surface area contributed by atoms with Crippen LogP contribution in [0.25, 0.3) is 11.0 Å². The molecule has 3 heterocycles. The molecule has 0 atom stereocenters. The highest BCUT2D eigenvalue weighted by atomic mass is 16.2. The topological polar surface area (TPSA) is 78.0 Å². The highest BCUT2D eigenvalue weighted by Gasteiger charge is 2.22. The van der Waals surface area contributed by atoms with Gasteiger partial charge in [-0.05, 0) is 30.7 Å². The van der Waals surface area contributed by atoms with Gasteiger partial charge < -0.3 is 14.8 Å². The molecule has 1 fully saturated rings. The summed E-state index contributed by atoms with van der Waals surface area (Å²) in [6.45, 7) is 4.84. The summed E-state index contributed by atoms with van der Waals surface area (Å²) in [6.07, 6.45) is 3.90. The first-order valence-corrected chi connectivity index (χ1v) is 8.44. The molecule has 1 aliphatic rings. The van der Waals surface area contributed by atoms with Crippen molar-refractivity contribution < 1.29 is 4.79 Å². The number of hydrogen-bond acceptors (Lipinski definition) is 5. The number of amides is 1. The molecule has 0 radical (unpaired) electrons. The van der Waals surface area contributed by atoms with E-state index in [1.807, 2.05) is 30.0 Å². The number of rotatable bonds is 3. The highest BCUT2D eigenvalue weighted by Crippen LogP contribution is 2.16.